The first kappa shape index (κ1) is 19.9. The van der Waals surface area contributed by atoms with Crippen LogP contribution in [-0.2, 0) is 14.3 Å². The fourth-order valence-electron chi connectivity index (χ4n) is 2.29. The lowest BCUT2D eigenvalue weighted by molar-refractivity contribution is -0.159. The van der Waals surface area contributed by atoms with E-state index in [0.29, 0.717) is 18.9 Å². The van der Waals surface area contributed by atoms with Crippen LogP contribution < -0.4 is 0 Å². The fourth-order valence-corrected chi connectivity index (χ4v) is 2.29. The Bertz CT molecular complexity index is 331. The molecule has 124 valence electrons. The lowest BCUT2D eigenvalue weighted by atomic mass is 10.0. The molecule has 0 bridgehead atoms. The van der Waals surface area contributed by atoms with E-state index in [4.69, 9.17) is 4.74 Å². The summed E-state index contributed by atoms with van der Waals surface area (Å²) < 4.78 is 5.28. The minimum Gasteiger partial charge on any atom is -0.464 e. The van der Waals surface area contributed by atoms with Gasteiger partial charge in [-0.25, -0.2) is 4.79 Å². The summed E-state index contributed by atoms with van der Waals surface area (Å²) >= 11 is 0. The number of rotatable bonds is 8. The van der Waals surface area contributed by atoms with Gasteiger partial charge in [0.15, 0.2) is 0 Å². The summed E-state index contributed by atoms with van der Waals surface area (Å²) in [5, 5.41) is 0. The average Bonchev–Trinajstić information content (AvgIpc) is 2.34. The largest absolute Gasteiger partial charge is 0.464 e. The molecule has 4 heteroatoms. The smallest absolute Gasteiger partial charge is 0.328 e. The molecule has 0 radical (unpaired) electrons. The summed E-state index contributed by atoms with van der Waals surface area (Å²) in [4.78, 5) is 26.3. The van der Waals surface area contributed by atoms with E-state index in [1.807, 2.05) is 34.6 Å². The number of esters is 1. The van der Waals surface area contributed by atoms with Gasteiger partial charge in [-0.1, -0.05) is 33.6 Å². The molecule has 0 aromatic rings. The Morgan fingerprint density at radius 1 is 1.10 bits per heavy atom. The van der Waals surface area contributed by atoms with Gasteiger partial charge in [0.2, 0.25) is 5.91 Å². The van der Waals surface area contributed by atoms with Crippen molar-refractivity contribution >= 4 is 11.9 Å². The third kappa shape index (κ3) is 7.49. The zero-order valence-electron chi connectivity index (χ0n) is 14.9. The Hall–Kier alpha value is -1.06. The van der Waals surface area contributed by atoms with Crippen molar-refractivity contribution in [1.29, 1.82) is 0 Å². The SMILES string of the molecule is CCCCCC(=O)N(C(C)C(=O)OCC(C)C)C(C)(C)C. The second-order valence-corrected chi connectivity index (χ2v) is 7.09. The minimum absolute atomic E-state index is 0.0324. The van der Waals surface area contributed by atoms with Gasteiger partial charge in [-0.15, -0.1) is 0 Å². The maximum atomic E-state index is 12.5. The van der Waals surface area contributed by atoms with Crippen molar-refractivity contribution in [3.05, 3.63) is 0 Å². The molecular weight excluding hydrogens is 266 g/mol. The molecule has 21 heavy (non-hydrogen) atoms. The van der Waals surface area contributed by atoms with Crippen LogP contribution in [0.1, 0.15) is 74.1 Å². The molecule has 0 aromatic heterocycles. The minimum atomic E-state index is -0.544. The summed E-state index contributed by atoms with van der Waals surface area (Å²) in [7, 11) is 0. The van der Waals surface area contributed by atoms with E-state index in [2.05, 4.69) is 6.92 Å². The van der Waals surface area contributed by atoms with Crippen LogP contribution in [0.5, 0.6) is 0 Å². The molecule has 4 nitrogen and oxygen atoms in total. The van der Waals surface area contributed by atoms with Gasteiger partial charge in [0.25, 0.3) is 0 Å². The third-order valence-corrected chi connectivity index (χ3v) is 3.27. The van der Waals surface area contributed by atoms with Crippen LogP contribution >= 0.6 is 0 Å². The number of amides is 1. The molecule has 0 N–H and O–H groups in total. The zero-order chi connectivity index (χ0) is 16.6. The van der Waals surface area contributed by atoms with Crippen LogP contribution in [0.3, 0.4) is 0 Å². The highest BCUT2D eigenvalue weighted by Gasteiger charge is 2.34. The molecule has 1 unspecified atom stereocenters. The Morgan fingerprint density at radius 3 is 2.10 bits per heavy atom. The molecular formula is C17H33NO3. The molecule has 0 aliphatic rings. The van der Waals surface area contributed by atoms with Gasteiger partial charge in [-0.05, 0) is 40.0 Å². The second-order valence-electron chi connectivity index (χ2n) is 7.09. The van der Waals surface area contributed by atoms with Gasteiger partial charge in [0, 0.05) is 12.0 Å². The van der Waals surface area contributed by atoms with Gasteiger partial charge in [-0.3, -0.25) is 4.79 Å². The molecule has 0 spiro atoms. The number of hydrogen-bond acceptors (Lipinski definition) is 3. The van der Waals surface area contributed by atoms with E-state index in [9.17, 15) is 9.59 Å². The summed E-state index contributed by atoms with van der Waals surface area (Å²) in [6.45, 7) is 14.1. The molecule has 1 atom stereocenters. The van der Waals surface area contributed by atoms with Crippen LogP contribution in [-0.4, -0.2) is 35.0 Å². The van der Waals surface area contributed by atoms with Crippen molar-refractivity contribution in [3.63, 3.8) is 0 Å². The number of carbonyl (C=O) groups excluding carboxylic acids is 2. The van der Waals surface area contributed by atoms with Crippen molar-refractivity contribution in [2.75, 3.05) is 6.61 Å². The third-order valence-electron chi connectivity index (χ3n) is 3.27. The highest BCUT2D eigenvalue weighted by molar-refractivity contribution is 5.84. The molecule has 0 saturated heterocycles. The Morgan fingerprint density at radius 2 is 1.67 bits per heavy atom. The van der Waals surface area contributed by atoms with Crippen molar-refractivity contribution in [1.82, 2.24) is 4.90 Å². The first-order valence-electron chi connectivity index (χ1n) is 8.10. The quantitative estimate of drug-likeness (QED) is 0.506. The van der Waals surface area contributed by atoms with Crippen molar-refractivity contribution in [3.8, 4) is 0 Å². The van der Waals surface area contributed by atoms with E-state index < -0.39 is 6.04 Å². The fraction of sp³-hybridized carbons (Fsp3) is 0.882. The topological polar surface area (TPSA) is 46.6 Å². The number of nitrogens with zero attached hydrogens (tertiary/aromatic N) is 1. The van der Waals surface area contributed by atoms with Gasteiger partial charge < -0.3 is 9.64 Å². The monoisotopic (exact) mass is 299 g/mol. The van der Waals surface area contributed by atoms with Crippen LogP contribution in [0.4, 0.5) is 0 Å². The normalized spacial score (nSPS) is 13.1. The first-order chi connectivity index (χ1) is 9.61. The maximum absolute atomic E-state index is 12.5. The molecule has 0 heterocycles. The second kappa shape index (κ2) is 9.06. The van der Waals surface area contributed by atoms with Crippen molar-refractivity contribution in [2.45, 2.75) is 85.7 Å². The molecule has 0 aliphatic carbocycles. The molecule has 0 aromatic carbocycles. The summed E-state index contributed by atoms with van der Waals surface area (Å²) in [5.74, 6) is 0.0110. The van der Waals surface area contributed by atoms with Gasteiger partial charge in [-0.2, -0.15) is 0 Å². The van der Waals surface area contributed by atoms with Crippen LogP contribution in [0.25, 0.3) is 0 Å². The van der Waals surface area contributed by atoms with Crippen LogP contribution in [0, 0.1) is 5.92 Å². The highest BCUT2D eigenvalue weighted by Crippen LogP contribution is 2.20. The lowest BCUT2D eigenvalue weighted by Gasteiger charge is -2.39. The van der Waals surface area contributed by atoms with E-state index in [1.165, 1.54) is 0 Å². The number of unbranched alkanes of at least 4 members (excludes halogenated alkanes) is 2. The Kier molecular flexibility index (Phi) is 8.60. The van der Waals surface area contributed by atoms with Crippen molar-refractivity contribution < 1.29 is 14.3 Å². The molecule has 1 amide bonds. The van der Waals surface area contributed by atoms with Crippen molar-refractivity contribution in [2.24, 2.45) is 5.92 Å². The predicted molar refractivity (Wildman–Crippen MR) is 86.0 cm³/mol. The Labute approximate surface area is 130 Å². The summed E-state index contributed by atoms with van der Waals surface area (Å²) in [6, 6.07) is -0.544. The maximum Gasteiger partial charge on any atom is 0.328 e. The molecule has 0 rings (SSSR count). The zero-order valence-corrected chi connectivity index (χ0v) is 14.9. The number of carbonyl (C=O) groups is 2. The predicted octanol–water partition coefficient (Wildman–Crippen LogP) is 3.78. The van der Waals surface area contributed by atoms with E-state index >= 15 is 0 Å². The molecule has 0 saturated carbocycles. The van der Waals surface area contributed by atoms with E-state index in [1.54, 1.807) is 11.8 Å². The van der Waals surface area contributed by atoms with Crippen LogP contribution in [0.2, 0.25) is 0 Å². The number of ether oxygens (including phenoxy) is 1. The van der Waals surface area contributed by atoms with E-state index in [0.717, 1.165) is 19.3 Å². The summed E-state index contributed by atoms with van der Waals surface area (Å²) in [5.41, 5.74) is -0.389. The van der Waals surface area contributed by atoms with Gasteiger partial charge in [0.1, 0.15) is 6.04 Å². The highest BCUT2D eigenvalue weighted by atomic mass is 16.5. The summed E-state index contributed by atoms with van der Waals surface area (Å²) in [6.07, 6.45) is 3.48. The first-order valence-corrected chi connectivity index (χ1v) is 8.10. The average molecular weight is 299 g/mol. The molecule has 0 fully saturated rings. The standard InChI is InChI=1S/C17H33NO3/c1-8-9-10-11-15(19)18(17(5,6)7)14(4)16(20)21-12-13(2)3/h13-14H,8-12H2,1-7H3. The van der Waals surface area contributed by atoms with Gasteiger partial charge >= 0.3 is 5.97 Å². The van der Waals surface area contributed by atoms with E-state index in [-0.39, 0.29) is 17.4 Å². The number of hydrogen-bond donors (Lipinski definition) is 0. The van der Waals surface area contributed by atoms with Crippen LogP contribution in [0.15, 0.2) is 0 Å². The Balaban J connectivity index is 4.82. The molecule has 0 aliphatic heterocycles. The van der Waals surface area contributed by atoms with Gasteiger partial charge in [0.05, 0.1) is 6.61 Å². The lowest BCUT2D eigenvalue weighted by Crippen LogP contribution is -2.54.